The molecule has 0 aromatic heterocycles. The smallest absolute Gasteiger partial charge is 0.0750 e. The summed E-state index contributed by atoms with van der Waals surface area (Å²) in [6.45, 7) is 9.34. The highest BCUT2D eigenvalue weighted by Gasteiger charge is 2.16. The Hall–Kier alpha value is -0.900. The van der Waals surface area contributed by atoms with Gasteiger partial charge in [0.05, 0.1) is 12.2 Å². The van der Waals surface area contributed by atoms with Crippen molar-refractivity contribution in [3.63, 3.8) is 0 Å². The second-order valence-electron chi connectivity index (χ2n) is 5.05. The first kappa shape index (κ1) is 15.2. The van der Waals surface area contributed by atoms with Gasteiger partial charge in [0.2, 0.25) is 0 Å². The minimum Gasteiger partial charge on any atom is -0.380 e. The fourth-order valence-electron chi connectivity index (χ4n) is 1.95. The molecule has 1 aromatic carbocycles. The van der Waals surface area contributed by atoms with Crippen LogP contribution in [0, 0.1) is 0 Å². The van der Waals surface area contributed by atoms with Crippen molar-refractivity contribution in [3.05, 3.63) is 35.4 Å². The highest BCUT2D eigenvalue weighted by atomic mass is 16.5. The van der Waals surface area contributed by atoms with E-state index in [-0.39, 0.29) is 5.60 Å². The van der Waals surface area contributed by atoms with Gasteiger partial charge in [-0.25, -0.2) is 0 Å². The molecule has 0 saturated heterocycles. The lowest BCUT2D eigenvalue weighted by atomic mass is 10.1. The fraction of sp³-hybridized carbons (Fsp3) is 0.600. The third kappa shape index (κ3) is 5.63. The normalized spacial score (nSPS) is 11.8. The van der Waals surface area contributed by atoms with Gasteiger partial charge >= 0.3 is 0 Å². The van der Waals surface area contributed by atoms with E-state index in [0.29, 0.717) is 6.61 Å². The molecule has 0 aliphatic rings. The summed E-state index contributed by atoms with van der Waals surface area (Å²) in [6.07, 6.45) is 0. The van der Waals surface area contributed by atoms with E-state index in [2.05, 4.69) is 43.4 Å². The van der Waals surface area contributed by atoms with Crippen molar-refractivity contribution in [3.8, 4) is 0 Å². The highest BCUT2D eigenvalue weighted by molar-refractivity contribution is 5.22. The molecule has 0 aliphatic heterocycles. The first-order valence-corrected chi connectivity index (χ1v) is 6.49. The van der Waals surface area contributed by atoms with Crippen LogP contribution in [0.3, 0.4) is 0 Å². The molecule has 3 nitrogen and oxygen atoms in total. The molecule has 102 valence electrons. The lowest BCUT2D eigenvalue weighted by Gasteiger charge is -2.25. The zero-order valence-corrected chi connectivity index (χ0v) is 12.0. The van der Waals surface area contributed by atoms with E-state index in [1.165, 1.54) is 11.1 Å². The lowest BCUT2D eigenvalue weighted by molar-refractivity contribution is -0.00897. The Morgan fingerprint density at radius 1 is 1.22 bits per heavy atom. The molecule has 0 spiro atoms. The van der Waals surface area contributed by atoms with Crippen molar-refractivity contribution in [1.29, 1.82) is 0 Å². The molecule has 0 heterocycles. The Morgan fingerprint density at radius 3 is 2.61 bits per heavy atom. The number of rotatable bonds is 8. The lowest BCUT2D eigenvalue weighted by Crippen LogP contribution is -2.37. The van der Waals surface area contributed by atoms with E-state index in [4.69, 9.17) is 9.47 Å². The van der Waals surface area contributed by atoms with Crippen molar-refractivity contribution < 1.29 is 9.47 Å². The summed E-state index contributed by atoms with van der Waals surface area (Å²) >= 11 is 0. The largest absolute Gasteiger partial charge is 0.380 e. The van der Waals surface area contributed by atoms with E-state index >= 15 is 0 Å². The Labute approximate surface area is 110 Å². The van der Waals surface area contributed by atoms with Gasteiger partial charge in [-0.15, -0.1) is 0 Å². The van der Waals surface area contributed by atoms with Crippen LogP contribution in [0.1, 0.15) is 31.9 Å². The molecule has 0 bridgehead atoms. The Kier molecular flexibility index (Phi) is 6.33. The van der Waals surface area contributed by atoms with Gasteiger partial charge in [-0.2, -0.15) is 0 Å². The summed E-state index contributed by atoms with van der Waals surface area (Å²) in [5.74, 6) is 0. The molecule has 0 aliphatic carbocycles. The van der Waals surface area contributed by atoms with Gasteiger partial charge < -0.3 is 14.8 Å². The van der Waals surface area contributed by atoms with Gasteiger partial charge in [0.25, 0.3) is 0 Å². The molecule has 0 atom stereocenters. The van der Waals surface area contributed by atoms with Gasteiger partial charge in [0.1, 0.15) is 0 Å². The maximum atomic E-state index is 5.65. The first-order valence-electron chi connectivity index (χ1n) is 6.49. The number of hydrogen-bond donors (Lipinski definition) is 1. The molecule has 1 rings (SSSR count). The van der Waals surface area contributed by atoms with Crippen molar-refractivity contribution in [2.24, 2.45) is 0 Å². The predicted octanol–water partition coefficient (Wildman–Crippen LogP) is 2.74. The van der Waals surface area contributed by atoms with Crippen molar-refractivity contribution in [1.82, 2.24) is 5.32 Å². The Bertz CT molecular complexity index is 350. The molecule has 0 amide bonds. The quantitative estimate of drug-likeness (QED) is 0.770. The summed E-state index contributed by atoms with van der Waals surface area (Å²) in [6, 6.07) is 8.44. The minimum atomic E-state index is -0.112. The molecule has 1 aromatic rings. The molecule has 18 heavy (non-hydrogen) atoms. The number of hydrogen-bond acceptors (Lipinski definition) is 3. The van der Waals surface area contributed by atoms with Crippen LogP contribution in [0.5, 0.6) is 0 Å². The van der Waals surface area contributed by atoms with Gasteiger partial charge in [-0.1, -0.05) is 24.3 Å². The second kappa shape index (κ2) is 7.52. The highest BCUT2D eigenvalue weighted by Crippen LogP contribution is 2.09. The van der Waals surface area contributed by atoms with Crippen LogP contribution in [0.15, 0.2) is 24.3 Å². The first-order chi connectivity index (χ1) is 8.57. The standard InChI is InChI=1S/C15H25NO2/c1-5-18-15(2,3)12-16-10-13-7-6-8-14(9-13)11-17-4/h6-9,16H,5,10-12H2,1-4H3. The van der Waals surface area contributed by atoms with Crippen LogP contribution in [0.2, 0.25) is 0 Å². The maximum absolute atomic E-state index is 5.65. The minimum absolute atomic E-state index is 0.112. The topological polar surface area (TPSA) is 30.5 Å². The van der Waals surface area contributed by atoms with Crippen LogP contribution in [-0.2, 0) is 22.6 Å². The SMILES string of the molecule is CCOC(C)(C)CNCc1cccc(COC)c1. The molecule has 0 saturated carbocycles. The van der Waals surface area contributed by atoms with Gasteiger partial charge in [0.15, 0.2) is 0 Å². The Balaban J connectivity index is 2.41. The average Bonchev–Trinajstić information content (AvgIpc) is 2.29. The molecule has 0 radical (unpaired) electrons. The summed E-state index contributed by atoms with van der Waals surface area (Å²) in [4.78, 5) is 0. The monoisotopic (exact) mass is 251 g/mol. The van der Waals surface area contributed by atoms with E-state index in [0.717, 1.165) is 19.7 Å². The molecular weight excluding hydrogens is 226 g/mol. The van der Waals surface area contributed by atoms with Crippen LogP contribution < -0.4 is 5.32 Å². The second-order valence-corrected chi connectivity index (χ2v) is 5.05. The van der Waals surface area contributed by atoms with Crippen LogP contribution in [0.4, 0.5) is 0 Å². The van der Waals surface area contributed by atoms with Crippen molar-refractivity contribution >= 4 is 0 Å². The van der Waals surface area contributed by atoms with E-state index in [1.54, 1.807) is 7.11 Å². The molecule has 0 unspecified atom stereocenters. The van der Waals surface area contributed by atoms with Gasteiger partial charge in [0, 0.05) is 26.8 Å². The van der Waals surface area contributed by atoms with Gasteiger partial charge in [-0.3, -0.25) is 0 Å². The van der Waals surface area contributed by atoms with Crippen molar-refractivity contribution in [2.45, 2.75) is 39.5 Å². The number of ether oxygens (including phenoxy) is 2. The maximum Gasteiger partial charge on any atom is 0.0750 e. The third-order valence-corrected chi connectivity index (χ3v) is 2.72. The van der Waals surface area contributed by atoms with Gasteiger partial charge in [-0.05, 0) is 31.9 Å². The third-order valence-electron chi connectivity index (χ3n) is 2.72. The van der Waals surface area contributed by atoms with E-state index in [9.17, 15) is 0 Å². The average molecular weight is 251 g/mol. The molecular formula is C15H25NO2. The Morgan fingerprint density at radius 2 is 1.94 bits per heavy atom. The summed E-state index contributed by atoms with van der Waals surface area (Å²) in [7, 11) is 1.72. The summed E-state index contributed by atoms with van der Waals surface area (Å²) in [5.41, 5.74) is 2.37. The molecule has 1 N–H and O–H groups in total. The van der Waals surface area contributed by atoms with E-state index in [1.807, 2.05) is 6.92 Å². The van der Waals surface area contributed by atoms with Crippen LogP contribution in [-0.4, -0.2) is 25.9 Å². The molecule has 0 fully saturated rings. The van der Waals surface area contributed by atoms with E-state index < -0.39 is 0 Å². The van der Waals surface area contributed by atoms with Crippen LogP contribution in [0.25, 0.3) is 0 Å². The summed E-state index contributed by atoms with van der Waals surface area (Å²) < 4.78 is 10.8. The summed E-state index contributed by atoms with van der Waals surface area (Å²) in [5, 5.41) is 3.43. The van der Waals surface area contributed by atoms with Crippen LogP contribution >= 0.6 is 0 Å². The number of methoxy groups -OCH3 is 1. The fourth-order valence-corrected chi connectivity index (χ4v) is 1.95. The predicted molar refractivity (Wildman–Crippen MR) is 74.6 cm³/mol. The number of nitrogens with one attached hydrogen (secondary N) is 1. The molecule has 3 heteroatoms. The zero-order chi connectivity index (χ0) is 13.4. The zero-order valence-electron chi connectivity index (χ0n) is 12.0. The number of benzene rings is 1. The van der Waals surface area contributed by atoms with Crippen molar-refractivity contribution in [2.75, 3.05) is 20.3 Å².